The molecule has 0 radical (unpaired) electrons. The van der Waals surface area contributed by atoms with Crippen molar-refractivity contribution in [2.45, 2.75) is 77.5 Å². The monoisotopic (exact) mass is 497 g/mol. The van der Waals surface area contributed by atoms with Gasteiger partial charge in [-0.05, 0) is 36.8 Å². The summed E-state index contributed by atoms with van der Waals surface area (Å²) in [6, 6.07) is 12.4. The van der Waals surface area contributed by atoms with Crippen LogP contribution in [0.1, 0.15) is 62.3 Å². The summed E-state index contributed by atoms with van der Waals surface area (Å²) in [5, 5.41) is 20.8. The molecule has 1 amide bonds. The Kier molecular flexibility index (Phi) is 12.8. The largest absolute Gasteiger partial charge is 0.480 e. The number of hydrogen-bond acceptors (Lipinski definition) is 4. The second-order valence-corrected chi connectivity index (χ2v) is 8.71. The molecule has 1 aromatic carbocycles. The molecule has 3 N–H and O–H groups in total. The zero-order valence-corrected chi connectivity index (χ0v) is 20.9. The summed E-state index contributed by atoms with van der Waals surface area (Å²) in [4.78, 5) is 34.5. The van der Waals surface area contributed by atoms with Gasteiger partial charge in [-0.15, -0.1) is 0 Å². The number of allylic oxidation sites excluding steroid dienone is 1. The number of hydrogen-bond donors (Lipinski definition) is 3. The molecule has 0 saturated carbocycles. The van der Waals surface area contributed by atoms with Crippen molar-refractivity contribution in [1.29, 1.82) is 0 Å². The molecule has 0 aliphatic carbocycles. The molecule has 2 rings (SSSR count). The lowest BCUT2D eigenvalue weighted by atomic mass is 10.1. The number of rotatable bonds is 16. The third kappa shape index (κ3) is 11.2. The molecule has 0 fully saturated rings. The molecule has 1 heterocycles. The number of pyridine rings is 1. The molecule has 36 heavy (non-hydrogen) atoms. The number of carboxylic acids is 2. The number of aromatic nitrogens is 1. The van der Waals surface area contributed by atoms with Gasteiger partial charge in [-0.2, -0.15) is 0 Å². The number of nitrogens with one attached hydrogen (secondary N) is 1. The molecule has 1 atom stereocenters. The van der Waals surface area contributed by atoms with Crippen LogP contribution in [0.3, 0.4) is 0 Å². The number of carboxylic acid groups (broad SMARTS) is 2. The Morgan fingerprint density at radius 3 is 2.50 bits per heavy atom. The number of aryl methyl sites for hydroxylation is 2. The van der Waals surface area contributed by atoms with Crippen molar-refractivity contribution in [3.63, 3.8) is 0 Å². The maximum absolute atomic E-state index is 12.1. The lowest BCUT2D eigenvalue weighted by molar-refractivity contribution is -0.704. The Hall–Kier alpha value is -3.68. The van der Waals surface area contributed by atoms with Crippen LogP contribution in [0.5, 0.6) is 0 Å². The standard InChI is InChI=1S/C28H36N2O6/c1-2-3-5-11-22-17-19-30(24(20-22)14-10-16-26(31)32)18-9-8-15-25(27(33)34)29-28(35)36-21-23-12-6-4-7-13-23/h4,6-7,10,12-13,16-17,19-20,25H,2-3,5,8-9,11,14-15,18,21H2,1H3,(H2-,29,31,32,33,34,35)/p+1/b16-10+. The smallest absolute Gasteiger partial charge is 0.408 e. The van der Waals surface area contributed by atoms with Crippen LogP contribution in [0.15, 0.2) is 60.8 Å². The van der Waals surface area contributed by atoms with Crippen LogP contribution in [-0.2, 0) is 40.3 Å². The van der Waals surface area contributed by atoms with E-state index in [9.17, 15) is 19.5 Å². The van der Waals surface area contributed by atoms with E-state index in [-0.39, 0.29) is 13.0 Å². The van der Waals surface area contributed by atoms with Crippen molar-refractivity contribution in [3.8, 4) is 0 Å². The van der Waals surface area contributed by atoms with Crippen molar-refractivity contribution in [2.24, 2.45) is 0 Å². The van der Waals surface area contributed by atoms with Gasteiger partial charge in [-0.25, -0.2) is 19.0 Å². The summed E-state index contributed by atoms with van der Waals surface area (Å²) >= 11 is 0. The normalized spacial score (nSPS) is 11.8. The highest BCUT2D eigenvalue weighted by Crippen LogP contribution is 2.10. The van der Waals surface area contributed by atoms with Crippen LogP contribution in [0.2, 0.25) is 0 Å². The average molecular weight is 498 g/mol. The van der Waals surface area contributed by atoms with Gasteiger partial charge in [0, 0.05) is 24.6 Å². The summed E-state index contributed by atoms with van der Waals surface area (Å²) in [6.45, 7) is 2.90. The number of carbonyl (C=O) groups excluding carboxylic acids is 1. The number of alkyl carbamates (subject to hydrolysis) is 1. The van der Waals surface area contributed by atoms with Crippen LogP contribution in [-0.4, -0.2) is 34.3 Å². The van der Waals surface area contributed by atoms with Crippen LogP contribution in [0.4, 0.5) is 4.79 Å². The van der Waals surface area contributed by atoms with E-state index in [1.54, 1.807) is 6.08 Å². The maximum Gasteiger partial charge on any atom is 0.408 e. The third-order valence-electron chi connectivity index (χ3n) is 5.79. The van der Waals surface area contributed by atoms with E-state index >= 15 is 0 Å². The van der Waals surface area contributed by atoms with Gasteiger partial charge in [-0.1, -0.05) is 56.2 Å². The maximum atomic E-state index is 12.1. The van der Waals surface area contributed by atoms with Crippen LogP contribution >= 0.6 is 0 Å². The van der Waals surface area contributed by atoms with Gasteiger partial charge < -0.3 is 20.3 Å². The molecule has 1 unspecified atom stereocenters. The van der Waals surface area contributed by atoms with E-state index in [0.717, 1.165) is 36.6 Å². The van der Waals surface area contributed by atoms with Crippen molar-refractivity contribution in [2.75, 3.05) is 0 Å². The quantitative estimate of drug-likeness (QED) is 0.179. The second kappa shape index (κ2) is 16.1. The molecule has 0 aliphatic rings. The van der Waals surface area contributed by atoms with Gasteiger partial charge in [0.2, 0.25) is 0 Å². The molecule has 0 spiro atoms. The first-order chi connectivity index (χ1) is 17.4. The summed E-state index contributed by atoms with van der Waals surface area (Å²) in [5.41, 5.74) is 3.06. The topological polar surface area (TPSA) is 117 Å². The van der Waals surface area contributed by atoms with E-state index in [2.05, 4.69) is 28.9 Å². The van der Waals surface area contributed by atoms with Crippen molar-refractivity contribution in [1.82, 2.24) is 5.32 Å². The van der Waals surface area contributed by atoms with E-state index < -0.39 is 24.1 Å². The number of ether oxygens (including phenoxy) is 1. The Bertz CT molecular complexity index is 1010. The summed E-state index contributed by atoms with van der Waals surface area (Å²) in [5.74, 6) is -2.08. The number of benzene rings is 1. The van der Waals surface area contributed by atoms with Gasteiger partial charge in [0.15, 0.2) is 11.9 Å². The minimum Gasteiger partial charge on any atom is -0.480 e. The molecule has 8 heteroatoms. The van der Waals surface area contributed by atoms with Crippen molar-refractivity contribution < 1.29 is 33.9 Å². The molecule has 0 saturated heterocycles. The first-order valence-electron chi connectivity index (χ1n) is 12.5. The molecule has 2 aromatic rings. The lowest BCUT2D eigenvalue weighted by Crippen LogP contribution is -2.41. The highest BCUT2D eigenvalue weighted by molar-refractivity contribution is 5.80. The number of amides is 1. The summed E-state index contributed by atoms with van der Waals surface area (Å²) < 4.78 is 7.21. The van der Waals surface area contributed by atoms with Crippen molar-refractivity contribution >= 4 is 18.0 Å². The van der Waals surface area contributed by atoms with Gasteiger partial charge in [0.1, 0.15) is 19.2 Å². The summed E-state index contributed by atoms with van der Waals surface area (Å²) in [7, 11) is 0. The van der Waals surface area contributed by atoms with Crippen molar-refractivity contribution in [3.05, 3.63) is 77.6 Å². The average Bonchev–Trinajstić information content (AvgIpc) is 2.86. The fourth-order valence-electron chi connectivity index (χ4n) is 3.83. The molecule has 8 nitrogen and oxygen atoms in total. The third-order valence-corrected chi connectivity index (χ3v) is 5.79. The first kappa shape index (κ1) is 28.6. The Morgan fingerprint density at radius 2 is 1.81 bits per heavy atom. The fourth-order valence-corrected chi connectivity index (χ4v) is 3.83. The highest BCUT2D eigenvalue weighted by Gasteiger charge is 2.21. The molecule has 194 valence electrons. The highest BCUT2D eigenvalue weighted by atomic mass is 16.5. The van der Waals surface area contributed by atoms with E-state index in [1.165, 1.54) is 12.0 Å². The fraction of sp³-hybridized carbons (Fsp3) is 0.429. The Morgan fingerprint density at radius 1 is 1.03 bits per heavy atom. The van der Waals surface area contributed by atoms with Crippen LogP contribution in [0, 0.1) is 0 Å². The van der Waals surface area contributed by atoms with Crippen LogP contribution < -0.4 is 9.88 Å². The molecular weight excluding hydrogens is 460 g/mol. The minimum absolute atomic E-state index is 0.0726. The van der Waals surface area contributed by atoms with E-state index in [4.69, 9.17) is 9.84 Å². The zero-order valence-electron chi connectivity index (χ0n) is 20.9. The summed E-state index contributed by atoms with van der Waals surface area (Å²) in [6.07, 6.45) is 10.5. The van der Waals surface area contributed by atoms with Gasteiger partial charge >= 0.3 is 18.0 Å². The molecular formula is C28H37N2O6+. The van der Waals surface area contributed by atoms with Crippen LogP contribution in [0.25, 0.3) is 0 Å². The van der Waals surface area contributed by atoms with Gasteiger partial charge in [-0.3, -0.25) is 0 Å². The number of aliphatic carboxylic acids is 2. The van der Waals surface area contributed by atoms with E-state index in [1.807, 2.05) is 36.5 Å². The lowest BCUT2D eigenvalue weighted by Gasteiger charge is -2.14. The molecule has 0 aliphatic heterocycles. The first-order valence-corrected chi connectivity index (χ1v) is 12.5. The van der Waals surface area contributed by atoms with E-state index in [0.29, 0.717) is 25.8 Å². The number of carbonyl (C=O) groups is 3. The van der Waals surface area contributed by atoms with Gasteiger partial charge in [0.05, 0.1) is 6.42 Å². The predicted octanol–water partition coefficient (Wildman–Crippen LogP) is 4.44. The minimum atomic E-state index is -1.10. The Balaban J connectivity index is 1.88. The Labute approximate surface area is 212 Å². The molecule has 0 bridgehead atoms. The SMILES string of the molecule is CCCCCc1cc[n+](CCCCC(NC(=O)OCc2ccccc2)C(=O)O)c(C/C=C/C(=O)O)c1. The van der Waals surface area contributed by atoms with Gasteiger partial charge in [0.25, 0.3) is 0 Å². The zero-order chi connectivity index (χ0) is 26.2. The number of unbranched alkanes of at least 4 members (excludes halogenated alkanes) is 3. The number of nitrogens with zero attached hydrogens (tertiary/aromatic N) is 1. The predicted molar refractivity (Wildman–Crippen MR) is 135 cm³/mol. The molecule has 1 aromatic heterocycles. The second-order valence-electron chi connectivity index (χ2n) is 8.71.